The van der Waals surface area contributed by atoms with Gasteiger partial charge >= 0.3 is 0 Å². The van der Waals surface area contributed by atoms with Gasteiger partial charge in [-0.05, 0) is 6.42 Å². The first kappa shape index (κ1) is 10.8. The molecule has 0 fully saturated rings. The van der Waals surface area contributed by atoms with E-state index in [1.165, 1.54) is 5.01 Å². The van der Waals surface area contributed by atoms with E-state index < -0.39 is 0 Å². The molecule has 68 valence electrons. The molecule has 0 bridgehead atoms. The highest BCUT2D eigenvalue weighted by molar-refractivity contribution is 4.64. The fourth-order valence-electron chi connectivity index (χ4n) is 0.993. The van der Waals surface area contributed by atoms with Crippen LogP contribution in [0.15, 0.2) is 0 Å². The van der Waals surface area contributed by atoms with Crippen LogP contribution >= 0.6 is 0 Å². The van der Waals surface area contributed by atoms with Gasteiger partial charge in [0.25, 0.3) is 0 Å². The number of nitrogens with zero attached hydrogens (tertiary/aromatic N) is 1. The van der Waals surface area contributed by atoms with Crippen molar-refractivity contribution in [2.75, 3.05) is 19.8 Å². The van der Waals surface area contributed by atoms with Gasteiger partial charge in [-0.2, -0.15) is 0 Å². The summed E-state index contributed by atoms with van der Waals surface area (Å²) < 4.78 is 0. The number of aliphatic hydroxyl groups is 2. The maximum Gasteiger partial charge on any atom is 0.0600 e. The van der Waals surface area contributed by atoms with E-state index in [0.29, 0.717) is 6.54 Å². The van der Waals surface area contributed by atoms with E-state index in [1.807, 2.05) is 6.92 Å². The summed E-state index contributed by atoms with van der Waals surface area (Å²) in [7, 11) is 0. The Kier molecular flexibility index (Phi) is 6.45. The molecular weight excluding hydrogens is 144 g/mol. The lowest BCUT2D eigenvalue weighted by molar-refractivity contribution is 0.0963. The van der Waals surface area contributed by atoms with Crippen LogP contribution in [0.25, 0.3) is 0 Å². The molecule has 1 atom stereocenters. The molecular formula is C7H18N2O2. The monoisotopic (exact) mass is 162 g/mol. The lowest BCUT2D eigenvalue weighted by Crippen LogP contribution is -2.44. The molecule has 0 saturated heterocycles. The molecule has 0 rings (SSSR count). The predicted molar refractivity (Wildman–Crippen MR) is 43.8 cm³/mol. The molecule has 4 N–H and O–H groups in total. The zero-order chi connectivity index (χ0) is 8.69. The van der Waals surface area contributed by atoms with E-state index in [-0.39, 0.29) is 19.3 Å². The Morgan fingerprint density at radius 2 is 2.09 bits per heavy atom. The number of hydrazine groups is 1. The molecule has 4 heteroatoms. The molecule has 0 aromatic heterocycles. The molecule has 0 aromatic rings. The van der Waals surface area contributed by atoms with Crippen LogP contribution in [0.5, 0.6) is 0 Å². The summed E-state index contributed by atoms with van der Waals surface area (Å²) in [5.74, 6) is 5.54. The molecule has 0 spiro atoms. The van der Waals surface area contributed by atoms with Crippen LogP contribution in [0.3, 0.4) is 0 Å². The van der Waals surface area contributed by atoms with Crippen LogP contribution in [0.4, 0.5) is 0 Å². The fourth-order valence-corrected chi connectivity index (χ4v) is 0.993. The summed E-state index contributed by atoms with van der Waals surface area (Å²) >= 11 is 0. The molecule has 0 aliphatic rings. The maximum atomic E-state index is 8.85. The second-order valence-electron chi connectivity index (χ2n) is 2.59. The Morgan fingerprint density at radius 3 is 2.45 bits per heavy atom. The van der Waals surface area contributed by atoms with Crippen LogP contribution < -0.4 is 5.84 Å². The number of hydrogen-bond donors (Lipinski definition) is 3. The SMILES string of the molecule is CCCC(CO)N(N)CCO. The topological polar surface area (TPSA) is 69.7 Å². The molecule has 4 nitrogen and oxygen atoms in total. The number of aliphatic hydroxyl groups excluding tert-OH is 2. The van der Waals surface area contributed by atoms with Crippen molar-refractivity contribution in [1.82, 2.24) is 5.01 Å². The second kappa shape index (κ2) is 6.54. The van der Waals surface area contributed by atoms with E-state index in [9.17, 15) is 0 Å². The van der Waals surface area contributed by atoms with Crippen molar-refractivity contribution in [3.8, 4) is 0 Å². The highest BCUT2D eigenvalue weighted by Crippen LogP contribution is 2.01. The minimum absolute atomic E-state index is 0.00727. The highest BCUT2D eigenvalue weighted by atomic mass is 16.3. The standard InChI is InChI=1S/C7H18N2O2/c1-2-3-7(6-11)9(8)4-5-10/h7,10-11H,2-6,8H2,1H3. The van der Waals surface area contributed by atoms with Gasteiger partial charge in [0, 0.05) is 12.6 Å². The number of hydrogen-bond acceptors (Lipinski definition) is 4. The number of nitrogens with two attached hydrogens (primary N) is 1. The molecule has 0 aliphatic carbocycles. The zero-order valence-electron chi connectivity index (χ0n) is 7.03. The van der Waals surface area contributed by atoms with Gasteiger partial charge in [0.15, 0.2) is 0 Å². The average molecular weight is 162 g/mol. The van der Waals surface area contributed by atoms with E-state index in [1.54, 1.807) is 0 Å². The lowest BCUT2D eigenvalue weighted by Gasteiger charge is -2.24. The third-order valence-electron chi connectivity index (χ3n) is 1.66. The quantitative estimate of drug-likeness (QED) is 0.357. The first-order chi connectivity index (χ1) is 5.26. The van der Waals surface area contributed by atoms with Crippen molar-refractivity contribution in [3.63, 3.8) is 0 Å². The van der Waals surface area contributed by atoms with Crippen LogP contribution in [0.1, 0.15) is 19.8 Å². The summed E-state index contributed by atoms with van der Waals surface area (Å²) in [5.41, 5.74) is 0. The lowest BCUT2D eigenvalue weighted by atomic mass is 10.2. The average Bonchev–Trinajstić information content (AvgIpc) is 2.00. The minimum Gasteiger partial charge on any atom is -0.395 e. The van der Waals surface area contributed by atoms with Gasteiger partial charge < -0.3 is 10.2 Å². The van der Waals surface area contributed by atoms with E-state index in [0.717, 1.165) is 12.8 Å². The molecule has 0 amide bonds. The molecule has 0 aromatic carbocycles. The molecule has 0 heterocycles. The van der Waals surface area contributed by atoms with Crippen molar-refractivity contribution >= 4 is 0 Å². The zero-order valence-corrected chi connectivity index (χ0v) is 7.03. The van der Waals surface area contributed by atoms with E-state index >= 15 is 0 Å². The summed E-state index contributed by atoms with van der Waals surface area (Å²) in [5, 5.41) is 18.9. The third kappa shape index (κ3) is 4.31. The molecule has 0 radical (unpaired) electrons. The second-order valence-corrected chi connectivity index (χ2v) is 2.59. The van der Waals surface area contributed by atoms with Crippen LogP contribution in [0.2, 0.25) is 0 Å². The fraction of sp³-hybridized carbons (Fsp3) is 1.00. The Hall–Kier alpha value is -0.160. The van der Waals surface area contributed by atoms with Crippen molar-refractivity contribution in [1.29, 1.82) is 0 Å². The van der Waals surface area contributed by atoms with Gasteiger partial charge in [0.1, 0.15) is 0 Å². The Balaban J connectivity index is 3.61. The summed E-state index contributed by atoms with van der Waals surface area (Å²) in [6, 6.07) is -0.00727. The third-order valence-corrected chi connectivity index (χ3v) is 1.66. The van der Waals surface area contributed by atoms with Gasteiger partial charge in [-0.15, -0.1) is 0 Å². The van der Waals surface area contributed by atoms with Gasteiger partial charge in [0.05, 0.1) is 13.2 Å². The number of rotatable bonds is 6. The molecule has 11 heavy (non-hydrogen) atoms. The van der Waals surface area contributed by atoms with Gasteiger partial charge in [0.2, 0.25) is 0 Å². The van der Waals surface area contributed by atoms with Crippen molar-refractivity contribution in [2.45, 2.75) is 25.8 Å². The molecule has 1 unspecified atom stereocenters. The van der Waals surface area contributed by atoms with Crippen molar-refractivity contribution in [3.05, 3.63) is 0 Å². The van der Waals surface area contributed by atoms with Crippen LogP contribution in [-0.4, -0.2) is 41.0 Å². The Morgan fingerprint density at radius 1 is 1.45 bits per heavy atom. The first-order valence-electron chi connectivity index (χ1n) is 3.99. The first-order valence-corrected chi connectivity index (χ1v) is 3.99. The largest absolute Gasteiger partial charge is 0.395 e. The van der Waals surface area contributed by atoms with E-state index in [2.05, 4.69) is 0 Å². The summed E-state index contributed by atoms with van der Waals surface area (Å²) in [4.78, 5) is 0. The van der Waals surface area contributed by atoms with Gasteiger partial charge in [-0.25, -0.2) is 5.01 Å². The Labute approximate surface area is 67.6 Å². The smallest absolute Gasteiger partial charge is 0.0600 e. The van der Waals surface area contributed by atoms with Gasteiger partial charge in [-0.1, -0.05) is 13.3 Å². The van der Waals surface area contributed by atoms with Crippen molar-refractivity contribution < 1.29 is 10.2 Å². The van der Waals surface area contributed by atoms with Crippen LogP contribution in [-0.2, 0) is 0 Å². The molecule has 0 aliphatic heterocycles. The van der Waals surface area contributed by atoms with E-state index in [4.69, 9.17) is 16.1 Å². The normalized spacial score (nSPS) is 13.9. The van der Waals surface area contributed by atoms with Crippen LogP contribution in [0, 0.1) is 0 Å². The molecule has 0 saturated carbocycles. The summed E-state index contributed by atoms with van der Waals surface area (Å²) in [6.45, 7) is 2.56. The minimum atomic E-state index is -0.00727. The summed E-state index contributed by atoms with van der Waals surface area (Å²) in [6.07, 6.45) is 1.86. The van der Waals surface area contributed by atoms with Gasteiger partial charge in [-0.3, -0.25) is 5.84 Å². The van der Waals surface area contributed by atoms with Crippen molar-refractivity contribution in [2.24, 2.45) is 5.84 Å². The predicted octanol–water partition coefficient (Wildman–Crippen LogP) is -0.685. The Bertz CT molecular complexity index is 90.5. The maximum absolute atomic E-state index is 8.85. The highest BCUT2D eigenvalue weighted by Gasteiger charge is 2.11.